The van der Waals surface area contributed by atoms with Crippen LogP contribution < -0.4 is 25.4 Å². The molecule has 0 saturated heterocycles. The maximum Gasteiger partial charge on any atom is 0.251 e. The molecule has 2 aromatic carbocycles. The van der Waals surface area contributed by atoms with Crippen molar-refractivity contribution < 1.29 is 14.3 Å². The molecule has 0 heterocycles. The van der Waals surface area contributed by atoms with Crippen molar-refractivity contribution in [2.24, 2.45) is 4.99 Å². The number of hydrogen-bond acceptors (Lipinski definition) is 4. The maximum absolute atomic E-state index is 12.0. The molecule has 28 heavy (non-hydrogen) atoms. The van der Waals surface area contributed by atoms with Crippen LogP contribution in [0.4, 0.5) is 0 Å². The number of ether oxygens (including phenoxy) is 2. The summed E-state index contributed by atoms with van der Waals surface area (Å²) in [6.45, 7) is 1.58. The van der Waals surface area contributed by atoms with Crippen molar-refractivity contribution in [1.29, 1.82) is 0 Å². The molecule has 0 unspecified atom stereocenters. The van der Waals surface area contributed by atoms with E-state index in [-0.39, 0.29) is 29.9 Å². The van der Waals surface area contributed by atoms with Gasteiger partial charge in [0.1, 0.15) is 11.5 Å². The maximum atomic E-state index is 12.0. The standard InChI is InChI=1S/C20H26N4O3.HI/c1-21-20(23-12-11-22-19(25)15-7-5-4-6-8-15)24-14-16-9-10-17(26-2)13-18(16)27-3;/h4-10,13H,11-12,14H2,1-3H3,(H,22,25)(H2,21,23,24);1H. The predicted octanol–water partition coefficient (Wildman–Crippen LogP) is 2.42. The van der Waals surface area contributed by atoms with Gasteiger partial charge < -0.3 is 25.4 Å². The molecule has 0 bridgehead atoms. The number of halogens is 1. The number of carbonyl (C=O) groups excluding carboxylic acids is 1. The Morgan fingerprint density at radius 1 is 0.964 bits per heavy atom. The van der Waals surface area contributed by atoms with E-state index in [1.54, 1.807) is 33.4 Å². The average molecular weight is 498 g/mol. The molecule has 2 rings (SSSR count). The molecule has 0 fully saturated rings. The molecule has 8 heteroatoms. The third-order valence-electron chi connectivity index (χ3n) is 3.90. The van der Waals surface area contributed by atoms with E-state index in [0.29, 0.717) is 31.2 Å². The summed E-state index contributed by atoms with van der Waals surface area (Å²) >= 11 is 0. The van der Waals surface area contributed by atoms with E-state index in [2.05, 4.69) is 20.9 Å². The van der Waals surface area contributed by atoms with Crippen molar-refractivity contribution in [3.05, 3.63) is 59.7 Å². The van der Waals surface area contributed by atoms with Gasteiger partial charge in [0.15, 0.2) is 5.96 Å². The number of nitrogens with one attached hydrogen (secondary N) is 3. The highest BCUT2D eigenvalue weighted by Gasteiger charge is 2.07. The Kier molecular flexibility index (Phi) is 10.8. The summed E-state index contributed by atoms with van der Waals surface area (Å²) in [6.07, 6.45) is 0. The largest absolute Gasteiger partial charge is 0.497 e. The molecule has 0 radical (unpaired) electrons. The lowest BCUT2D eigenvalue weighted by molar-refractivity contribution is 0.0954. The number of guanidine groups is 1. The second kappa shape index (κ2) is 12.8. The van der Waals surface area contributed by atoms with Gasteiger partial charge in [-0.1, -0.05) is 18.2 Å². The molecule has 0 aliphatic rings. The number of rotatable bonds is 8. The van der Waals surface area contributed by atoms with E-state index < -0.39 is 0 Å². The van der Waals surface area contributed by atoms with E-state index in [9.17, 15) is 4.79 Å². The first-order valence-corrected chi connectivity index (χ1v) is 8.66. The highest BCUT2D eigenvalue weighted by atomic mass is 127. The Morgan fingerprint density at radius 3 is 2.32 bits per heavy atom. The van der Waals surface area contributed by atoms with Gasteiger partial charge in [-0.15, -0.1) is 24.0 Å². The van der Waals surface area contributed by atoms with Gasteiger partial charge in [0.2, 0.25) is 0 Å². The van der Waals surface area contributed by atoms with Crippen molar-refractivity contribution >= 4 is 35.8 Å². The number of nitrogens with zero attached hydrogens (tertiary/aromatic N) is 1. The number of methoxy groups -OCH3 is 2. The molecular formula is C20H27IN4O3. The fourth-order valence-electron chi connectivity index (χ4n) is 2.45. The lowest BCUT2D eigenvalue weighted by Crippen LogP contribution is -2.41. The van der Waals surface area contributed by atoms with Gasteiger partial charge >= 0.3 is 0 Å². The van der Waals surface area contributed by atoms with E-state index in [1.807, 2.05) is 36.4 Å². The van der Waals surface area contributed by atoms with Crippen LogP contribution in [0.15, 0.2) is 53.5 Å². The summed E-state index contributed by atoms with van der Waals surface area (Å²) in [5.74, 6) is 2.03. The average Bonchev–Trinajstić information content (AvgIpc) is 2.73. The minimum Gasteiger partial charge on any atom is -0.497 e. The monoisotopic (exact) mass is 498 g/mol. The Bertz CT molecular complexity index is 769. The topological polar surface area (TPSA) is 84.0 Å². The number of carbonyl (C=O) groups is 1. The minimum atomic E-state index is -0.0942. The zero-order chi connectivity index (χ0) is 19.5. The Balaban J connectivity index is 0.00000392. The van der Waals surface area contributed by atoms with Crippen molar-refractivity contribution in [2.75, 3.05) is 34.4 Å². The summed E-state index contributed by atoms with van der Waals surface area (Å²) in [4.78, 5) is 16.2. The molecule has 2 aromatic rings. The summed E-state index contributed by atoms with van der Waals surface area (Å²) in [5.41, 5.74) is 1.63. The van der Waals surface area contributed by atoms with Crippen molar-refractivity contribution in [1.82, 2.24) is 16.0 Å². The van der Waals surface area contributed by atoms with Gasteiger partial charge in [-0.2, -0.15) is 0 Å². The summed E-state index contributed by atoms with van der Waals surface area (Å²) < 4.78 is 10.6. The molecule has 152 valence electrons. The van der Waals surface area contributed by atoms with E-state index in [0.717, 1.165) is 17.1 Å². The lowest BCUT2D eigenvalue weighted by Gasteiger charge is -2.14. The fraction of sp³-hybridized carbons (Fsp3) is 0.300. The Morgan fingerprint density at radius 2 is 1.68 bits per heavy atom. The fourth-order valence-corrected chi connectivity index (χ4v) is 2.45. The van der Waals surface area contributed by atoms with E-state index in [1.165, 1.54) is 0 Å². The van der Waals surface area contributed by atoms with Crippen LogP contribution in [0.2, 0.25) is 0 Å². The highest BCUT2D eigenvalue weighted by molar-refractivity contribution is 14.0. The first-order chi connectivity index (χ1) is 13.2. The van der Waals surface area contributed by atoms with Crippen molar-refractivity contribution in [2.45, 2.75) is 6.54 Å². The first-order valence-electron chi connectivity index (χ1n) is 8.66. The van der Waals surface area contributed by atoms with Gasteiger partial charge in [0.25, 0.3) is 5.91 Å². The van der Waals surface area contributed by atoms with Gasteiger partial charge in [0, 0.05) is 43.9 Å². The number of hydrogen-bond donors (Lipinski definition) is 3. The Hall–Kier alpha value is -2.49. The first kappa shape index (κ1) is 23.5. The smallest absolute Gasteiger partial charge is 0.251 e. The third kappa shape index (κ3) is 7.26. The second-order valence-electron chi connectivity index (χ2n) is 5.65. The van der Waals surface area contributed by atoms with Crippen LogP contribution in [0.1, 0.15) is 15.9 Å². The minimum absolute atomic E-state index is 0. The molecule has 0 aromatic heterocycles. The van der Waals surface area contributed by atoms with Gasteiger partial charge in [-0.3, -0.25) is 9.79 Å². The zero-order valence-corrected chi connectivity index (χ0v) is 18.7. The molecule has 7 nitrogen and oxygen atoms in total. The van der Waals surface area contributed by atoms with E-state index in [4.69, 9.17) is 9.47 Å². The third-order valence-corrected chi connectivity index (χ3v) is 3.90. The Labute approximate surface area is 182 Å². The van der Waals surface area contributed by atoms with Crippen LogP contribution in [0.3, 0.4) is 0 Å². The summed E-state index contributed by atoms with van der Waals surface area (Å²) in [6, 6.07) is 14.8. The zero-order valence-electron chi connectivity index (χ0n) is 16.3. The number of benzene rings is 2. The number of amides is 1. The normalized spacial score (nSPS) is 10.5. The van der Waals surface area contributed by atoms with Gasteiger partial charge in [0.05, 0.1) is 14.2 Å². The molecule has 3 N–H and O–H groups in total. The molecule has 0 atom stereocenters. The van der Waals surface area contributed by atoms with Crippen molar-refractivity contribution in [3.63, 3.8) is 0 Å². The van der Waals surface area contributed by atoms with E-state index >= 15 is 0 Å². The molecule has 0 spiro atoms. The van der Waals surface area contributed by atoms with Gasteiger partial charge in [-0.25, -0.2) is 0 Å². The molecule has 0 aliphatic carbocycles. The lowest BCUT2D eigenvalue weighted by atomic mass is 10.2. The van der Waals surface area contributed by atoms with Crippen LogP contribution in [-0.2, 0) is 6.54 Å². The summed E-state index contributed by atoms with van der Waals surface area (Å²) in [7, 11) is 4.94. The molecule has 0 saturated carbocycles. The van der Waals surface area contributed by atoms with Crippen LogP contribution in [-0.4, -0.2) is 46.2 Å². The number of aliphatic imine (C=N–C) groups is 1. The van der Waals surface area contributed by atoms with Crippen LogP contribution in [0, 0.1) is 0 Å². The van der Waals surface area contributed by atoms with Crippen LogP contribution >= 0.6 is 24.0 Å². The molecule has 1 amide bonds. The van der Waals surface area contributed by atoms with Crippen molar-refractivity contribution in [3.8, 4) is 11.5 Å². The van der Waals surface area contributed by atoms with Crippen LogP contribution in [0.5, 0.6) is 11.5 Å². The highest BCUT2D eigenvalue weighted by Crippen LogP contribution is 2.24. The SMILES string of the molecule is CN=C(NCCNC(=O)c1ccccc1)NCc1ccc(OC)cc1OC.I. The summed E-state index contributed by atoms with van der Waals surface area (Å²) in [5, 5.41) is 9.25. The predicted molar refractivity (Wildman–Crippen MR) is 122 cm³/mol. The molecule has 0 aliphatic heterocycles. The quantitative estimate of drug-likeness (QED) is 0.226. The molecular weight excluding hydrogens is 471 g/mol. The second-order valence-corrected chi connectivity index (χ2v) is 5.65. The van der Waals surface area contributed by atoms with Crippen LogP contribution in [0.25, 0.3) is 0 Å². The van der Waals surface area contributed by atoms with Gasteiger partial charge in [-0.05, 0) is 24.3 Å².